The molecule has 4 N–H and O–H groups in total. The Bertz CT molecular complexity index is 1260. The van der Waals surface area contributed by atoms with E-state index in [1.54, 1.807) is 60.5 Å². The average Bonchev–Trinajstić information content (AvgIpc) is 3.24. The Balaban J connectivity index is 1.61. The van der Waals surface area contributed by atoms with Crippen LogP contribution in [-0.2, 0) is 7.05 Å². The highest BCUT2D eigenvalue weighted by Crippen LogP contribution is 2.30. The highest BCUT2D eigenvalue weighted by atomic mass is 19.1. The zero-order valence-electron chi connectivity index (χ0n) is 17.2. The van der Waals surface area contributed by atoms with Gasteiger partial charge in [0.05, 0.1) is 30.1 Å². The molecule has 0 aliphatic heterocycles. The summed E-state index contributed by atoms with van der Waals surface area (Å²) >= 11 is 0. The lowest BCUT2D eigenvalue weighted by Crippen LogP contribution is -2.31. The van der Waals surface area contributed by atoms with Gasteiger partial charge in [-0.1, -0.05) is 41.6 Å². The fourth-order valence-electron chi connectivity index (χ4n) is 3.42. The van der Waals surface area contributed by atoms with E-state index in [0.717, 1.165) is 16.8 Å². The van der Waals surface area contributed by atoms with Gasteiger partial charge in [-0.3, -0.25) is 4.79 Å². The molecule has 0 unspecified atom stereocenters. The van der Waals surface area contributed by atoms with Crippen molar-refractivity contribution < 1.29 is 14.3 Å². The molecule has 0 bridgehead atoms. The van der Waals surface area contributed by atoms with Gasteiger partial charge >= 0.3 is 0 Å². The van der Waals surface area contributed by atoms with E-state index < -0.39 is 17.8 Å². The van der Waals surface area contributed by atoms with Gasteiger partial charge in [-0.25, -0.2) is 14.1 Å². The van der Waals surface area contributed by atoms with Crippen molar-refractivity contribution in [1.82, 2.24) is 25.3 Å². The number of aryl methyl sites for hydroxylation is 1. The first kappa shape index (κ1) is 21.1. The number of nitrogens with two attached hydrogens (primary N) is 1. The average molecular weight is 432 g/mol. The molecule has 0 aliphatic carbocycles. The maximum absolute atomic E-state index is 14.9. The standard InChI is InChI=1S/C23H21FN6O2/c1-30-21(12-27-29-30)16-9-18(22(25)26-11-16)15-7-8-17(19(24)10-15)23(32)28-20(13-31)14-5-3-2-4-6-14/h2-12,20,31H,13H2,1H3,(H2,25,26)(H,28,32)/t20-/m1/s1. The molecule has 0 saturated heterocycles. The number of nitrogen functional groups attached to an aromatic ring is 1. The predicted octanol–water partition coefficient (Wildman–Crippen LogP) is 2.73. The van der Waals surface area contributed by atoms with Crippen molar-refractivity contribution in [2.24, 2.45) is 7.05 Å². The minimum Gasteiger partial charge on any atom is -0.394 e. The number of benzene rings is 2. The van der Waals surface area contributed by atoms with E-state index in [1.807, 2.05) is 6.07 Å². The smallest absolute Gasteiger partial charge is 0.254 e. The zero-order chi connectivity index (χ0) is 22.7. The molecule has 4 aromatic rings. The lowest BCUT2D eigenvalue weighted by Gasteiger charge is -2.17. The van der Waals surface area contributed by atoms with Crippen LogP contribution in [0, 0.1) is 5.82 Å². The fraction of sp³-hybridized carbons (Fsp3) is 0.130. The first-order chi connectivity index (χ1) is 15.5. The van der Waals surface area contributed by atoms with Gasteiger partial charge in [-0.05, 0) is 29.3 Å². The van der Waals surface area contributed by atoms with Gasteiger partial charge < -0.3 is 16.2 Å². The molecule has 32 heavy (non-hydrogen) atoms. The summed E-state index contributed by atoms with van der Waals surface area (Å²) in [5.41, 5.74) is 9.06. The number of aromatic nitrogens is 4. The van der Waals surface area contributed by atoms with Gasteiger partial charge in [-0.2, -0.15) is 0 Å². The van der Waals surface area contributed by atoms with Gasteiger partial charge in [0, 0.05) is 24.4 Å². The van der Waals surface area contributed by atoms with Crippen molar-refractivity contribution in [3.63, 3.8) is 0 Å². The van der Waals surface area contributed by atoms with E-state index in [1.165, 1.54) is 12.1 Å². The minimum absolute atomic E-state index is 0.137. The molecule has 1 amide bonds. The molecule has 2 aromatic carbocycles. The van der Waals surface area contributed by atoms with Crippen LogP contribution in [0.4, 0.5) is 10.2 Å². The lowest BCUT2D eigenvalue weighted by atomic mass is 10.0. The third kappa shape index (κ3) is 4.19. The van der Waals surface area contributed by atoms with Crippen LogP contribution >= 0.6 is 0 Å². The zero-order valence-corrected chi connectivity index (χ0v) is 17.2. The summed E-state index contributed by atoms with van der Waals surface area (Å²) < 4.78 is 16.5. The normalized spacial score (nSPS) is 11.8. The first-order valence-corrected chi connectivity index (χ1v) is 9.85. The van der Waals surface area contributed by atoms with Gasteiger partial charge in [0.1, 0.15) is 11.6 Å². The maximum Gasteiger partial charge on any atom is 0.254 e. The molecule has 1 atom stereocenters. The number of aliphatic hydroxyl groups excluding tert-OH is 1. The van der Waals surface area contributed by atoms with Gasteiger partial charge in [0.25, 0.3) is 5.91 Å². The Morgan fingerprint density at radius 3 is 2.59 bits per heavy atom. The second kappa shape index (κ2) is 8.94. The number of hydrogen-bond acceptors (Lipinski definition) is 6. The Hall–Kier alpha value is -4.11. The van der Waals surface area contributed by atoms with Crippen molar-refractivity contribution in [2.75, 3.05) is 12.3 Å². The molecular formula is C23H21FN6O2. The van der Waals surface area contributed by atoms with Crippen molar-refractivity contribution >= 4 is 11.7 Å². The maximum atomic E-state index is 14.9. The number of anilines is 1. The van der Waals surface area contributed by atoms with E-state index in [4.69, 9.17) is 5.73 Å². The van der Waals surface area contributed by atoms with Crippen molar-refractivity contribution in [3.05, 3.63) is 83.9 Å². The number of pyridine rings is 1. The number of nitrogens with zero attached hydrogens (tertiary/aromatic N) is 4. The van der Waals surface area contributed by atoms with Crippen LogP contribution < -0.4 is 11.1 Å². The summed E-state index contributed by atoms with van der Waals surface area (Å²) in [4.78, 5) is 16.9. The number of nitrogens with one attached hydrogen (secondary N) is 1. The number of hydrogen-bond donors (Lipinski definition) is 3. The number of halogens is 1. The van der Waals surface area contributed by atoms with E-state index >= 15 is 0 Å². The quantitative estimate of drug-likeness (QED) is 0.431. The Labute approximate surface area is 183 Å². The topological polar surface area (TPSA) is 119 Å². The Morgan fingerprint density at radius 1 is 1.16 bits per heavy atom. The fourth-order valence-corrected chi connectivity index (χ4v) is 3.42. The molecule has 0 spiro atoms. The van der Waals surface area contributed by atoms with Crippen LogP contribution in [0.2, 0.25) is 0 Å². The van der Waals surface area contributed by atoms with Crippen molar-refractivity contribution in [3.8, 4) is 22.4 Å². The summed E-state index contributed by atoms with van der Waals surface area (Å²) in [6, 6.07) is 14.3. The summed E-state index contributed by atoms with van der Waals surface area (Å²) in [5.74, 6) is -1.11. The molecule has 0 radical (unpaired) electrons. The van der Waals surface area contributed by atoms with Crippen LogP contribution in [0.3, 0.4) is 0 Å². The highest BCUT2D eigenvalue weighted by molar-refractivity contribution is 5.95. The second-order valence-electron chi connectivity index (χ2n) is 7.21. The largest absolute Gasteiger partial charge is 0.394 e. The van der Waals surface area contributed by atoms with E-state index in [2.05, 4.69) is 20.6 Å². The molecule has 0 fully saturated rings. The minimum atomic E-state index is -0.711. The molecule has 9 heteroatoms. The van der Waals surface area contributed by atoms with Gasteiger partial charge in [0.2, 0.25) is 0 Å². The molecule has 0 aliphatic rings. The van der Waals surface area contributed by atoms with E-state index in [0.29, 0.717) is 11.1 Å². The van der Waals surface area contributed by atoms with Crippen LogP contribution in [0.5, 0.6) is 0 Å². The van der Waals surface area contributed by atoms with Crippen molar-refractivity contribution in [1.29, 1.82) is 0 Å². The number of aliphatic hydroxyl groups is 1. The van der Waals surface area contributed by atoms with Crippen LogP contribution in [0.25, 0.3) is 22.4 Å². The molecule has 4 rings (SSSR count). The number of carbonyl (C=O) groups is 1. The summed E-state index contributed by atoms with van der Waals surface area (Å²) in [6.45, 7) is -0.312. The Kier molecular flexibility index (Phi) is 5.91. The summed E-state index contributed by atoms with van der Waals surface area (Å²) in [5, 5.41) is 20.1. The third-order valence-electron chi connectivity index (χ3n) is 5.14. The molecule has 2 heterocycles. The van der Waals surface area contributed by atoms with Crippen LogP contribution in [0.1, 0.15) is 22.0 Å². The van der Waals surface area contributed by atoms with Crippen molar-refractivity contribution in [2.45, 2.75) is 6.04 Å². The highest BCUT2D eigenvalue weighted by Gasteiger charge is 2.19. The third-order valence-corrected chi connectivity index (χ3v) is 5.14. The molecule has 2 aromatic heterocycles. The first-order valence-electron chi connectivity index (χ1n) is 9.85. The number of rotatable bonds is 6. The summed E-state index contributed by atoms with van der Waals surface area (Å²) in [7, 11) is 1.75. The van der Waals surface area contributed by atoms with E-state index in [9.17, 15) is 14.3 Å². The predicted molar refractivity (Wildman–Crippen MR) is 118 cm³/mol. The molecule has 0 saturated carbocycles. The van der Waals surface area contributed by atoms with Gasteiger partial charge in [-0.15, -0.1) is 5.10 Å². The molecule has 162 valence electrons. The second-order valence-corrected chi connectivity index (χ2v) is 7.21. The number of amides is 1. The molecule has 8 nitrogen and oxygen atoms in total. The van der Waals surface area contributed by atoms with Gasteiger partial charge in [0.15, 0.2) is 0 Å². The summed E-state index contributed by atoms with van der Waals surface area (Å²) in [6.07, 6.45) is 3.18. The van der Waals surface area contributed by atoms with E-state index in [-0.39, 0.29) is 18.0 Å². The number of carbonyl (C=O) groups excluding carboxylic acids is 1. The molecular weight excluding hydrogens is 411 g/mol. The Morgan fingerprint density at radius 2 is 1.94 bits per heavy atom. The monoisotopic (exact) mass is 432 g/mol. The lowest BCUT2D eigenvalue weighted by molar-refractivity contribution is 0.0912. The van der Waals surface area contributed by atoms with Crippen LogP contribution in [0.15, 0.2) is 67.0 Å². The SMILES string of the molecule is Cn1nncc1-c1cnc(N)c(-c2ccc(C(=O)N[C@H](CO)c3ccccc3)c(F)c2)c1. The van der Waals surface area contributed by atoms with Crippen LogP contribution in [-0.4, -0.2) is 37.6 Å².